The van der Waals surface area contributed by atoms with Gasteiger partial charge in [0.25, 0.3) is 0 Å². The van der Waals surface area contributed by atoms with Crippen LogP contribution in [-0.4, -0.2) is 30.9 Å². The summed E-state index contributed by atoms with van der Waals surface area (Å²) >= 11 is 0. The van der Waals surface area contributed by atoms with Gasteiger partial charge in [-0.3, -0.25) is 4.99 Å². The number of aliphatic imine (C=N–C) groups is 1. The van der Waals surface area contributed by atoms with E-state index in [9.17, 15) is 0 Å². The second kappa shape index (κ2) is 9.56. The minimum atomic E-state index is 0.987. The lowest BCUT2D eigenvalue weighted by Crippen LogP contribution is -2.23. The van der Waals surface area contributed by atoms with Crippen LogP contribution in [0.1, 0.15) is 46.5 Å². The van der Waals surface area contributed by atoms with E-state index in [0.29, 0.717) is 0 Å². The first-order valence-electron chi connectivity index (χ1n) is 5.59. The molecule has 78 valence electrons. The molecule has 0 aromatic carbocycles. The molecule has 0 unspecified atom stereocenters. The molecule has 0 radical (unpaired) electrons. The first kappa shape index (κ1) is 12.5. The molecule has 0 spiro atoms. The highest BCUT2D eigenvalue weighted by atomic mass is 15.1. The molecule has 0 heterocycles. The highest BCUT2D eigenvalue weighted by Gasteiger charge is 1.94. The fourth-order valence-electron chi connectivity index (χ4n) is 1.22. The van der Waals surface area contributed by atoms with Gasteiger partial charge in [0.1, 0.15) is 0 Å². The Morgan fingerprint density at radius 2 is 1.62 bits per heavy atom. The summed E-state index contributed by atoms with van der Waals surface area (Å²) in [6.07, 6.45) is 6.89. The van der Waals surface area contributed by atoms with Crippen molar-refractivity contribution in [3.8, 4) is 0 Å². The molecule has 13 heavy (non-hydrogen) atoms. The van der Waals surface area contributed by atoms with E-state index >= 15 is 0 Å². The zero-order valence-electron chi connectivity index (χ0n) is 9.42. The van der Waals surface area contributed by atoms with E-state index in [-0.39, 0.29) is 0 Å². The normalized spacial score (nSPS) is 11.0. The third-order valence-corrected chi connectivity index (χ3v) is 1.91. The molecule has 0 aliphatic rings. The van der Waals surface area contributed by atoms with Gasteiger partial charge in [-0.15, -0.1) is 0 Å². The van der Waals surface area contributed by atoms with Crippen molar-refractivity contribution in [3.05, 3.63) is 0 Å². The maximum absolute atomic E-state index is 4.40. The van der Waals surface area contributed by atoms with Gasteiger partial charge in [-0.1, -0.05) is 27.2 Å². The fourth-order valence-corrected chi connectivity index (χ4v) is 1.22. The minimum absolute atomic E-state index is 0.987. The van der Waals surface area contributed by atoms with E-state index in [1.54, 1.807) is 0 Å². The van der Waals surface area contributed by atoms with Crippen LogP contribution in [-0.2, 0) is 0 Å². The third kappa shape index (κ3) is 7.82. The summed E-state index contributed by atoms with van der Waals surface area (Å²) in [5.41, 5.74) is 0. The number of nitrogens with zero attached hydrogens (tertiary/aromatic N) is 2. The van der Waals surface area contributed by atoms with Crippen molar-refractivity contribution in [3.63, 3.8) is 0 Å². The van der Waals surface area contributed by atoms with Crippen LogP contribution in [0.5, 0.6) is 0 Å². The van der Waals surface area contributed by atoms with Crippen LogP contribution in [0.15, 0.2) is 4.99 Å². The second-order valence-corrected chi connectivity index (χ2v) is 3.41. The Labute approximate surface area is 83.0 Å². The van der Waals surface area contributed by atoms with Crippen LogP contribution in [0.4, 0.5) is 0 Å². The lowest BCUT2D eigenvalue weighted by atomic mass is 10.3. The molecule has 0 saturated carbocycles. The van der Waals surface area contributed by atoms with Gasteiger partial charge in [0, 0.05) is 19.6 Å². The van der Waals surface area contributed by atoms with Gasteiger partial charge < -0.3 is 4.90 Å². The number of hydrogen-bond donors (Lipinski definition) is 0. The quantitative estimate of drug-likeness (QED) is 0.322. The summed E-state index contributed by atoms with van der Waals surface area (Å²) in [4.78, 5) is 6.71. The van der Waals surface area contributed by atoms with Crippen LogP contribution in [0.2, 0.25) is 0 Å². The molecular formula is C11H24N2. The predicted molar refractivity (Wildman–Crippen MR) is 60.4 cm³/mol. The maximum Gasteiger partial charge on any atom is 0.0849 e. The first-order valence-corrected chi connectivity index (χ1v) is 5.59. The van der Waals surface area contributed by atoms with Crippen molar-refractivity contribution in [1.82, 2.24) is 4.90 Å². The number of unbranched alkanes of at least 4 members (excludes halogenated alkanes) is 1. The standard InChI is InChI=1S/C11H24N2/c1-4-7-8-12-11-13(9-5-2)10-6-3/h11H,4-10H2,1-3H3. The summed E-state index contributed by atoms with van der Waals surface area (Å²) < 4.78 is 0. The van der Waals surface area contributed by atoms with Crippen molar-refractivity contribution in [2.45, 2.75) is 46.5 Å². The number of rotatable bonds is 8. The SMILES string of the molecule is CCCCN=CN(CCC)CCC. The highest BCUT2D eigenvalue weighted by Crippen LogP contribution is 1.92. The molecule has 0 atom stereocenters. The smallest absolute Gasteiger partial charge is 0.0849 e. The third-order valence-electron chi connectivity index (χ3n) is 1.91. The van der Waals surface area contributed by atoms with Crippen molar-refractivity contribution >= 4 is 6.34 Å². The predicted octanol–water partition coefficient (Wildman–Crippen LogP) is 2.94. The van der Waals surface area contributed by atoms with Crippen molar-refractivity contribution < 1.29 is 0 Å². The summed E-state index contributed by atoms with van der Waals surface area (Å²) in [7, 11) is 0. The van der Waals surface area contributed by atoms with Crippen LogP contribution in [0, 0.1) is 0 Å². The van der Waals surface area contributed by atoms with E-state index < -0.39 is 0 Å². The number of hydrogen-bond acceptors (Lipinski definition) is 1. The molecule has 0 aliphatic heterocycles. The molecule has 2 nitrogen and oxygen atoms in total. The summed E-state index contributed by atoms with van der Waals surface area (Å²) in [6.45, 7) is 9.89. The average molecular weight is 184 g/mol. The average Bonchev–Trinajstić information content (AvgIpc) is 2.13. The second-order valence-electron chi connectivity index (χ2n) is 3.41. The zero-order valence-corrected chi connectivity index (χ0v) is 9.42. The van der Waals surface area contributed by atoms with Gasteiger partial charge in [-0.05, 0) is 19.3 Å². The molecule has 0 amide bonds. The Morgan fingerprint density at radius 3 is 2.08 bits per heavy atom. The molecule has 0 bridgehead atoms. The first-order chi connectivity index (χ1) is 6.35. The van der Waals surface area contributed by atoms with E-state index in [1.165, 1.54) is 25.7 Å². The molecule has 0 aromatic heterocycles. The van der Waals surface area contributed by atoms with Crippen molar-refractivity contribution in [2.75, 3.05) is 19.6 Å². The lowest BCUT2D eigenvalue weighted by Gasteiger charge is -2.17. The van der Waals surface area contributed by atoms with Crippen LogP contribution >= 0.6 is 0 Å². The molecule has 0 saturated heterocycles. The molecule has 0 rings (SSSR count). The van der Waals surface area contributed by atoms with Crippen LogP contribution in [0.25, 0.3) is 0 Å². The van der Waals surface area contributed by atoms with Gasteiger partial charge in [-0.2, -0.15) is 0 Å². The minimum Gasteiger partial charge on any atom is -0.363 e. The topological polar surface area (TPSA) is 15.6 Å². The van der Waals surface area contributed by atoms with Gasteiger partial charge >= 0.3 is 0 Å². The Kier molecular flexibility index (Phi) is 9.17. The maximum atomic E-state index is 4.40. The Balaban J connectivity index is 3.58. The monoisotopic (exact) mass is 184 g/mol. The van der Waals surface area contributed by atoms with Crippen LogP contribution in [0.3, 0.4) is 0 Å². The summed E-state index contributed by atoms with van der Waals surface area (Å²) in [5, 5.41) is 0. The molecular weight excluding hydrogens is 160 g/mol. The van der Waals surface area contributed by atoms with Gasteiger partial charge in [0.05, 0.1) is 6.34 Å². The lowest BCUT2D eigenvalue weighted by molar-refractivity contribution is 0.427. The molecule has 0 fully saturated rings. The molecule has 2 heteroatoms. The molecule has 0 aromatic rings. The molecule has 0 aliphatic carbocycles. The fraction of sp³-hybridized carbons (Fsp3) is 0.909. The van der Waals surface area contributed by atoms with E-state index in [1.807, 2.05) is 6.34 Å². The summed E-state index contributed by atoms with van der Waals surface area (Å²) in [5.74, 6) is 0. The van der Waals surface area contributed by atoms with E-state index in [0.717, 1.165) is 19.6 Å². The van der Waals surface area contributed by atoms with Crippen molar-refractivity contribution in [2.24, 2.45) is 4.99 Å². The van der Waals surface area contributed by atoms with E-state index in [2.05, 4.69) is 30.7 Å². The Hall–Kier alpha value is -0.530. The van der Waals surface area contributed by atoms with E-state index in [4.69, 9.17) is 0 Å². The molecule has 0 N–H and O–H groups in total. The Morgan fingerprint density at radius 1 is 1.00 bits per heavy atom. The Bertz CT molecular complexity index is 115. The largest absolute Gasteiger partial charge is 0.363 e. The van der Waals surface area contributed by atoms with Gasteiger partial charge in [-0.25, -0.2) is 0 Å². The summed E-state index contributed by atoms with van der Waals surface area (Å²) in [6, 6.07) is 0. The van der Waals surface area contributed by atoms with Crippen molar-refractivity contribution in [1.29, 1.82) is 0 Å². The highest BCUT2D eigenvalue weighted by molar-refractivity contribution is 5.54. The van der Waals surface area contributed by atoms with Crippen LogP contribution < -0.4 is 0 Å². The van der Waals surface area contributed by atoms with Gasteiger partial charge in [0.15, 0.2) is 0 Å². The van der Waals surface area contributed by atoms with Gasteiger partial charge in [0.2, 0.25) is 0 Å². The zero-order chi connectivity index (χ0) is 9.94.